The van der Waals surface area contributed by atoms with Gasteiger partial charge in [-0.3, -0.25) is 0 Å². The van der Waals surface area contributed by atoms with Crippen LogP contribution in [0.3, 0.4) is 0 Å². The minimum Gasteiger partial charge on any atom is -0.494 e. The second-order valence-corrected chi connectivity index (χ2v) is 6.01. The van der Waals surface area contributed by atoms with Crippen molar-refractivity contribution in [3.8, 4) is 5.75 Å². The molecule has 2 aromatic rings. The Hall–Kier alpha value is -2.57. The molecule has 2 N–H and O–H groups in total. The van der Waals surface area contributed by atoms with E-state index in [4.69, 9.17) is 9.26 Å². The molecule has 1 heterocycles. The highest BCUT2D eigenvalue weighted by Gasteiger charge is 2.05. The van der Waals surface area contributed by atoms with Crippen molar-refractivity contribution in [3.05, 3.63) is 41.0 Å². The van der Waals surface area contributed by atoms with Gasteiger partial charge in [-0.25, -0.2) is 4.99 Å². The maximum Gasteiger partial charge on any atom is 0.226 e. The van der Waals surface area contributed by atoms with Crippen molar-refractivity contribution in [2.45, 2.75) is 47.1 Å². The van der Waals surface area contributed by atoms with Gasteiger partial charge in [-0.15, -0.1) is 0 Å². The van der Waals surface area contributed by atoms with Crippen molar-refractivity contribution in [1.82, 2.24) is 20.8 Å². The first-order valence-electron chi connectivity index (χ1n) is 9.16. The number of ether oxygens (including phenoxy) is 1. The van der Waals surface area contributed by atoms with Crippen LogP contribution in [-0.4, -0.2) is 35.8 Å². The number of nitrogens with zero attached hydrogens (tertiary/aromatic N) is 3. The van der Waals surface area contributed by atoms with Gasteiger partial charge in [-0.2, -0.15) is 4.98 Å². The first kappa shape index (κ1) is 19.8. The van der Waals surface area contributed by atoms with Crippen molar-refractivity contribution < 1.29 is 9.26 Å². The van der Waals surface area contributed by atoms with Crippen LogP contribution in [0, 0.1) is 13.8 Å². The summed E-state index contributed by atoms with van der Waals surface area (Å²) in [6.45, 7) is 10.7. The van der Waals surface area contributed by atoms with Crippen LogP contribution >= 0.6 is 0 Å². The van der Waals surface area contributed by atoms with E-state index in [1.807, 2.05) is 13.8 Å². The first-order chi connectivity index (χ1) is 12.6. The lowest BCUT2D eigenvalue weighted by Gasteiger charge is -2.13. The van der Waals surface area contributed by atoms with Gasteiger partial charge in [0.1, 0.15) is 5.75 Å². The van der Waals surface area contributed by atoms with Crippen LogP contribution in [0.2, 0.25) is 0 Å². The first-order valence-corrected chi connectivity index (χ1v) is 9.16. The average Bonchev–Trinajstić information content (AvgIpc) is 3.03. The second kappa shape index (κ2) is 10.4. The summed E-state index contributed by atoms with van der Waals surface area (Å²) in [7, 11) is 0. The standard InChI is InChI=1S/C19H29N5O2/c1-5-20-19(21-11-7-8-18-23-15(4)24-26-18)22-13-16-10-9-14(3)12-17(16)25-6-2/h9-10,12H,5-8,11,13H2,1-4H3,(H2,20,21,22). The molecule has 142 valence electrons. The summed E-state index contributed by atoms with van der Waals surface area (Å²) in [6.07, 6.45) is 1.64. The van der Waals surface area contributed by atoms with E-state index in [-0.39, 0.29) is 0 Å². The molecule has 1 aromatic heterocycles. The van der Waals surface area contributed by atoms with E-state index in [0.717, 1.165) is 43.2 Å². The molecule has 0 amide bonds. The van der Waals surface area contributed by atoms with Gasteiger partial charge in [0.25, 0.3) is 0 Å². The second-order valence-electron chi connectivity index (χ2n) is 6.01. The number of benzene rings is 1. The molecule has 2 rings (SSSR count). The number of nitrogens with one attached hydrogen (secondary N) is 2. The zero-order valence-electron chi connectivity index (χ0n) is 16.1. The summed E-state index contributed by atoms with van der Waals surface area (Å²) in [5.74, 6) is 3.04. The van der Waals surface area contributed by atoms with Crippen LogP contribution in [0.5, 0.6) is 5.75 Å². The smallest absolute Gasteiger partial charge is 0.226 e. The Kier molecular flexibility index (Phi) is 7.92. The van der Waals surface area contributed by atoms with E-state index < -0.39 is 0 Å². The molecule has 0 unspecified atom stereocenters. The van der Waals surface area contributed by atoms with Crippen molar-refractivity contribution in [1.29, 1.82) is 0 Å². The Morgan fingerprint density at radius 3 is 2.77 bits per heavy atom. The van der Waals surface area contributed by atoms with Crippen molar-refractivity contribution in [2.24, 2.45) is 4.99 Å². The van der Waals surface area contributed by atoms with E-state index in [2.05, 4.69) is 57.8 Å². The van der Waals surface area contributed by atoms with Crippen LogP contribution in [0.4, 0.5) is 0 Å². The largest absolute Gasteiger partial charge is 0.494 e. The third-order valence-corrected chi connectivity index (χ3v) is 3.70. The molecular weight excluding hydrogens is 330 g/mol. The van der Waals surface area contributed by atoms with Gasteiger partial charge < -0.3 is 19.9 Å². The van der Waals surface area contributed by atoms with Crippen LogP contribution in [0.25, 0.3) is 0 Å². The summed E-state index contributed by atoms with van der Waals surface area (Å²) in [5, 5.41) is 10.4. The summed E-state index contributed by atoms with van der Waals surface area (Å²) in [6, 6.07) is 6.21. The summed E-state index contributed by atoms with van der Waals surface area (Å²) in [4.78, 5) is 8.88. The van der Waals surface area contributed by atoms with Crippen molar-refractivity contribution in [3.63, 3.8) is 0 Å². The molecule has 0 aliphatic rings. The molecule has 0 saturated carbocycles. The number of hydrogen-bond donors (Lipinski definition) is 2. The Balaban J connectivity index is 1.89. The van der Waals surface area contributed by atoms with Crippen LogP contribution < -0.4 is 15.4 Å². The minimum atomic E-state index is 0.563. The molecule has 0 atom stereocenters. The molecule has 0 bridgehead atoms. The van der Waals surface area contributed by atoms with E-state index >= 15 is 0 Å². The maximum atomic E-state index is 5.73. The highest BCUT2D eigenvalue weighted by molar-refractivity contribution is 5.79. The van der Waals surface area contributed by atoms with E-state index in [1.165, 1.54) is 5.56 Å². The van der Waals surface area contributed by atoms with Gasteiger partial charge >= 0.3 is 0 Å². The third-order valence-electron chi connectivity index (χ3n) is 3.70. The van der Waals surface area contributed by atoms with Gasteiger partial charge in [-0.05, 0) is 45.7 Å². The topological polar surface area (TPSA) is 84.6 Å². The predicted molar refractivity (Wildman–Crippen MR) is 103 cm³/mol. The SMILES string of the molecule is CCNC(=NCc1ccc(C)cc1OCC)NCCCc1nc(C)no1. The molecule has 1 aromatic carbocycles. The third kappa shape index (κ3) is 6.38. The molecule has 0 fully saturated rings. The lowest BCUT2D eigenvalue weighted by Crippen LogP contribution is -2.37. The van der Waals surface area contributed by atoms with E-state index in [1.54, 1.807) is 0 Å². The number of hydrogen-bond acceptors (Lipinski definition) is 5. The van der Waals surface area contributed by atoms with Crippen LogP contribution in [0.15, 0.2) is 27.7 Å². The molecule has 0 aliphatic heterocycles. The lowest BCUT2D eigenvalue weighted by molar-refractivity contribution is 0.336. The van der Waals surface area contributed by atoms with E-state index in [9.17, 15) is 0 Å². The quantitative estimate of drug-likeness (QED) is 0.407. The molecular formula is C19H29N5O2. The Morgan fingerprint density at radius 1 is 1.23 bits per heavy atom. The summed E-state index contributed by atoms with van der Waals surface area (Å²) >= 11 is 0. The minimum absolute atomic E-state index is 0.563. The number of aryl methyl sites for hydroxylation is 3. The van der Waals surface area contributed by atoms with Gasteiger partial charge in [0, 0.05) is 25.1 Å². The van der Waals surface area contributed by atoms with Crippen molar-refractivity contribution in [2.75, 3.05) is 19.7 Å². The monoisotopic (exact) mass is 359 g/mol. The molecule has 7 nitrogen and oxygen atoms in total. The molecule has 0 radical (unpaired) electrons. The average molecular weight is 359 g/mol. The van der Waals surface area contributed by atoms with Crippen LogP contribution in [0.1, 0.15) is 43.1 Å². The fraction of sp³-hybridized carbons (Fsp3) is 0.526. The molecule has 0 saturated heterocycles. The molecule has 0 spiro atoms. The Bertz CT molecular complexity index is 712. The van der Waals surface area contributed by atoms with Gasteiger partial charge in [0.15, 0.2) is 11.8 Å². The fourth-order valence-corrected chi connectivity index (χ4v) is 2.48. The van der Waals surface area contributed by atoms with Gasteiger partial charge in [-0.1, -0.05) is 17.3 Å². The zero-order valence-corrected chi connectivity index (χ0v) is 16.1. The number of rotatable bonds is 9. The predicted octanol–water partition coefficient (Wildman–Crippen LogP) is 2.77. The number of aromatic nitrogens is 2. The van der Waals surface area contributed by atoms with Gasteiger partial charge in [0.05, 0.1) is 13.2 Å². The van der Waals surface area contributed by atoms with Crippen LogP contribution in [-0.2, 0) is 13.0 Å². The molecule has 0 aliphatic carbocycles. The Labute approximate surface area is 155 Å². The normalized spacial score (nSPS) is 11.5. The number of aliphatic imine (C=N–C) groups is 1. The molecule has 26 heavy (non-hydrogen) atoms. The lowest BCUT2D eigenvalue weighted by atomic mass is 10.1. The Morgan fingerprint density at radius 2 is 2.08 bits per heavy atom. The highest BCUT2D eigenvalue weighted by atomic mass is 16.5. The maximum absolute atomic E-state index is 5.73. The van der Waals surface area contributed by atoms with E-state index in [0.29, 0.717) is 24.9 Å². The highest BCUT2D eigenvalue weighted by Crippen LogP contribution is 2.21. The van der Waals surface area contributed by atoms with Crippen molar-refractivity contribution >= 4 is 5.96 Å². The fourth-order valence-electron chi connectivity index (χ4n) is 2.48. The number of guanidine groups is 1. The summed E-state index contributed by atoms with van der Waals surface area (Å²) in [5.41, 5.74) is 2.26. The summed E-state index contributed by atoms with van der Waals surface area (Å²) < 4.78 is 10.8. The van der Waals surface area contributed by atoms with Gasteiger partial charge in [0.2, 0.25) is 5.89 Å². The molecule has 7 heteroatoms. The zero-order chi connectivity index (χ0) is 18.8.